The Morgan fingerprint density at radius 3 is 2.83 bits per heavy atom. The average Bonchev–Trinajstić information content (AvgIpc) is 2.62. The number of benzene rings is 2. The predicted octanol–water partition coefficient (Wildman–Crippen LogP) is 3.91. The third kappa shape index (κ3) is 2.48. The number of nitrogens with zero attached hydrogens (tertiary/aromatic N) is 1. The van der Waals surface area contributed by atoms with Gasteiger partial charge >= 0.3 is 0 Å². The summed E-state index contributed by atoms with van der Waals surface area (Å²) in [7, 11) is 0. The molecule has 1 aliphatic carbocycles. The highest BCUT2D eigenvalue weighted by molar-refractivity contribution is 5.95. The fourth-order valence-electron chi connectivity index (χ4n) is 4.40. The van der Waals surface area contributed by atoms with Crippen LogP contribution in [0.25, 0.3) is 0 Å². The molecule has 3 heteroatoms. The maximum Gasteiger partial charge on any atom is 0.254 e. The van der Waals surface area contributed by atoms with Crippen LogP contribution in [-0.4, -0.2) is 23.4 Å². The number of amides is 1. The Hall–Kier alpha value is -2.29. The zero-order valence-corrected chi connectivity index (χ0v) is 14.2. The minimum Gasteiger partial charge on any atom is -0.398 e. The van der Waals surface area contributed by atoms with Crippen LogP contribution in [-0.2, 0) is 6.42 Å². The number of nitrogens with two attached hydrogens (primary N) is 1. The fraction of sp³-hybridized carbons (Fsp3) is 0.381. The summed E-state index contributed by atoms with van der Waals surface area (Å²) in [5.74, 6) is 0.617. The molecule has 2 aromatic carbocycles. The molecule has 24 heavy (non-hydrogen) atoms. The Kier molecular flexibility index (Phi) is 3.79. The third-order valence-corrected chi connectivity index (χ3v) is 5.73. The monoisotopic (exact) mass is 320 g/mol. The van der Waals surface area contributed by atoms with E-state index in [0.717, 1.165) is 36.9 Å². The molecule has 2 N–H and O–H groups in total. The second-order valence-electron chi connectivity index (χ2n) is 7.12. The highest BCUT2D eigenvalue weighted by atomic mass is 16.2. The number of fused-ring (bicyclic) bond motifs is 3. The molecule has 3 nitrogen and oxygen atoms in total. The number of hydrogen-bond acceptors (Lipinski definition) is 2. The topological polar surface area (TPSA) is 46.3 Å². The first-order valence-corrected chi connectivity index (χ1v) is 8.90. The summed E-state index contributed by atoms with van der Waals surface area (Å²) in [6.45, 7) is 2.83. The van der Waals surface area contributed by atoms with Crippen molar-refractivity contribution in [1.82, 2.24) is 4.90 Å². The van der Waals surface area contributed by atoms with E-state index >= 15 is 0 Å². The summed E-state index contributed by atoms with van der Waals surface area (Å²) in [4.78, 5) is 15.2. The number of likely N-dealkylation sites (tertiary alicyclic amines) is 1. The summed E-state index contributed by atoms with van der Waals surface area (Å²) in [5.41, 5.74) is 11.4. The highest BCUT2D eigenvalue weighted by Gasteiger charge is 2.38. The van der Waals surface area contributed by atoms with Crippen LogP contribution in [0, 0.1) is 6.92 Å². The lowest BCUT2D eigenvalue weighted by atomic mass is 9.74. The third-order valence-electron chi connectivity index (χ3n) is 5.73. The van der Waals surface area contributed by atoms with E-state index in [2.05, 4.69) is 29.2 Å². The Balaban J connectivity index is 1.64. The lowest BCUT2D eigenvalue weighted by Crippen LogP contribution is -2.49. The first-order chi connectivity index (χ1) is 11.6. The van der Waals surface area contributed by atoms with Gasteiger partial charge in [-0.25, -0.2) is 0 Å². The van der Waals surface area contributed by atoms with Crippen LogP contribution in [0.4, 0.5) is 5.69 Å². The lowest BCUT2D eigenvalue weighted by Gasteiger charge is -2.45. The maximum absolute atomic E-state index is 13.1. The van der Waals surface area contributed by atoms with Crippen LogP contribution in [0.2, 0.25) is 0 Å². The van der Waals surface area contributed by atoms with Gasteiger partial charge in [-0.05, 0) is 61.4 Å². The number of nitrogen functional groups attached to an aromatic ring is 1. The molecule has 1 saturated heterocycles. The fourth-order valence-corrected chi connectivity index (χ4v) is 4.40. The number of carbonyl (C=O) groups is 1. The van der Waals surface area contributed by atoms with E-state index in [1.165, 1.54) is 17.5 Å². The number of aryl methyl sites for hydroxylation is 2. The second kappa shape index (κ2) is 5.97. The summed E-state index contributed by atoms with van der Waals surface area (Å²) in [6, 6.07) is 14.8. The number of hydrogen-bond donors (Lipinski definition) is 1. The van der Waals surface area contributed by atoms with Gasteiger partial charge in [0, 0.05) is 29.8 Å². The van der Waals surface area contributed by atoms with Gasteiger partial charge in [-0.3, -0.25) is 4.79 Å². The van der Waals surface area contributed by atoms with Crippen LogP contribution in [0.15, 0.2) is 42.5 Å². The Labute approximate surface area is 143 Å². The minimum atomic E-state index is 0.135. The minimum absolute atomic E-state index is 0.135. The Bertz CT molecular complexity index is 783. The van der Waals surface area contributed by atoms with Gasteiger partial charge in [0.2, 0.25) is 0 Å². The van der Waals surface area contributed by atoms with E-state index in [1.54, 1.807) is 0 Å². The second-order valence-corrected chi connectivity index (χ2v) is 7.12. The molecule has 0 saturated carbocycles. The van der Waals surface area contributed by atoms with Crippen molar-refractivity contribution in [3.05, 3.63) is 64.7 Å². The average molecular weight is 320 g/mol. The molecule has 124 valence electrons. The summed E-state index contributed by atoms with van der Waals surface area (Å²) < 4.78 is 0. The van der Waals surface area contributed by atoms with Gasteiger partial charge in [0.05, 0.1) is 0 Å². The van der Waals surface area contributed by atoms with Crippen LogP contribution in [0.1, 0.15) is 52.2 Å². The van der Waals surface area contributed by atoms with E-state index in [4.69, 9.17) is 5.73 Å². The molecule has 0 bridgehead atoms. The number of piperidine rings is 1. The van der Waals surface area contributed by atoms with Gasteiger partial charge in [-0.2, -0.15) is 0 Å². The lowest BCUT2D eigenvalue weighted by molar-refractivity contribution is 0.0547. The van der Waals surface area contributed by atoms with Crippen molar-refractivity contribution in [2.24, 2.45) is 0 Å². The number of rotatable bonds is 1. The molecule has 1 heterocycles. The summed E-state index contributed by atoms with van der Waals surface area (Å²) in [6.07, 6.45) is 4.38. The molecule has 0 radical (unpaired) electrons. The quantitative estimate of drug-likeness (QED) is 0.810. The van der Waals surface area contributed by atoms with Crippen molar-refractivity contribution in [1.29, 1.82) is 0 Å². The maximum atomic E-state index is 13.1. The molecule has 1 unspecified atom stereocenters. The van der Waals surface area contributed by atoms with Crippen LogP contribution in [0.5, 0.6) is 0 Å². The van der Waals surface area contributed by atoms with Gasteiger partial charge in [-0.15, -0.1) is 0 Å². The standard InChI is InChI=1S/C21H24N2O/c1-14-8-9-16(13-19(14)22)21(24)23-12-4-7-18-17-6-3-2-5-15(17)10-11-20(18)23/h2-3,5-6,8-9,13,18,20H,4,7,10-12,22H2,1H3/t18-,20?/m1/s1. The van der Waals surface area contributed by atoms with Gasteiger partial charge < -0.3 is 10.6 Å². The molecule has 1 amide bonds. The van der Waals surface area contributed by atoms with E-state index in [1.807, 2.05) is 25.1 Å². The first-order valence-electron chi connectivity index (χ1n) is 8.90. The van der Waals surface area contributed by atoms with Crippen molar-refractivity contribution in [3.63, 3.8) is 0 Å². The van der Waals surface area contributed by atoms with Crippen LogP contribution < -0.4 is 5.73 Å². The summed E-state index contributed by atoms with van der Waals surface area (Å²) in [5, 5.41) is 0. The number of anilines is 1. The molecule has 2 atom stereocenters. The van der Waals surface area contributed by atoms with Gasteiger partial charge in [0.1, 0.15) is 0 Å². The SMILES string of the molecule is Cc1ccc(C(=O)N2CCC[C@@H]3c4ccccc4CCC32)cc1N. The Morgan fingerprint density at radius 2 is 2.00 bits per heavy atom. The normalized spacial score (nSPS) is 22.6. The Morgan fingerprint density at radius 1 is 1.17 bits per heavy atom. The summed E-state index contributed by atoms with van der Waals surface area (Å²) >= 11 is 0. The molecule has 2 aliphatic rings. The molecule has 4 rings (SSSR count). The molecular weight excluding hydrogens is 296 g/mol. The van der Waals surface area contributed by atoms with E-state index in [9.17, 15) is 4.79 Å². The van der Waals surface area contributed by atoms with Gasteiger partial charge in [0.15, 0.2) is 0 Å². The van der Waals surface area contributed by atoms with Crippen molar-refractivity contribution < 1.29 is 4.79 Å². The first kappa shape index (κ1) is 15.3. The highest BCUT2D eigenvalue weighted by Crippen LogP contribution is 2.41. The molecule has 0 aromatic heterocycles. The number of carbonyl (C=O) groups excluding carboxylic acids is 1. The van der Waals surface area contributed by atoms with E-state index in [0.29, 0.717) is 17.6 Å². The largest absolute Gasteiger partial charge is 0.398 e. The van der Waals surface area contributed by atoms with Crippen molar-refractivity contribution in [2.75, 3.05) is 12.3 Å². The smallest absolute Gasteiger partial charge is 0.254 e. The molecule has 1 fully saturated rings. The van der Waals surface area contributed by atoms with E-state index in [-0.39, 0.29) is 5.91 Å². The molecule has 2 aromatic rings. The van der Waals surface area contributed by atoms with Gasteiger partial charge in [-0.1, -0.05) is 30.3 Å². The van der Waals surface area contributed by atoms with Crippen LogP contribution >= 0.6 is 0 Å². The van der Waals surface area contributed by atoms with Crippen molar-refractivity contribution in [3.8, 4) is 0 Å². The van der Waals surface area contributed by atoms with Crippen LogP contribution in [0.3, 0.4) is 0 Å². The zero-order valence-electron chi connectivity index (χ0n) is 14.2. The van der Waals surface area contributed by atoms with Crippen molar-refractivity contribution >= 4 is 11.6 Å². The molecule has 1 aliphatic heterocycles. The molecular formula is C21H24N2O. The van der Waals surface area contributed by atoms with Gasteiger partial charge in [0.25, 0.3) is 5.91 Å². The predicted molar refractivity (Wildman–Crippen MR) is 97.2 cm³/mol. The van der Waals surface area contributed by atoms with E-state index < -0.39 is 0 Å². The molecule has 0 spiro atoms. The van der Waals surface area contributed by atoms with Crippen molar-refractivity contribution in [2.45, 2.75) is 44.6 Å². The zero-order chi connectivity index (χ0) is 16.7.